The molecule has 0 spiro atoms. The van der Waals surface area contributed by atoms with E-state index in [1.54, 1.807) is 0 Å². The van der Waals surface area contributed by atoms with Crippen molar-refractivity contribution in [1.29, 1.82) is 0 Å². The van der Waals surface area contributed by atoms with E-state index in [4.69, 9.17) is 5.11 Å². The molecule has 0 radical (unpaired) electrons. The average Bonchev–Trinajstić information content (AvgIpc) is 2.39. The average molecular weight is 215 g/mol. The highest BCUT2D eigenvalue weighted by Gasteiger charge is 2.27. The van der Waals surface area contributed by atoms with E-state index in [-0.39, 0.29) is 18.7 Å². The maximum absolute atomic E-state index is 10.7. The predicted octanol–water partition coefficient (Wildman–Crippen LogP) is 1.09. The highest BCUT2D eigenvalue weighted by molar-refractivity contribution is 5.69. The summed E-state index contributed by atoms with van der Waals surface area (Å²) >= 11 is 0. The van der Waals surface area contributed by atoms with Crippen molar-refractivity contribution in [3.8, 4) is 0 Å². The molecule has 1 aliphatic rings. The van der Waals surface area contributed by atoms with Crippen LogP contribution in [0.2, 0.25) is 0 Å². The molecule has 1 saturated carbocycles. The molecule has 2 atom stereocenters. The molecular formula is C11H21NO3. The van der Waals surface area contributed by atoms with Gasteiger partial charge in [0.25, 0.3) is 0 Å². The Morgan fingerprint density at radius 3 is 2.60 bits per heavy atom. The summed E-state index contributed by atoms with van der Waals surface area (Å²) in [6.07, 6.45) is 4.67. The number of carbonyl (C=O) groups is 1. The summed E-state index contributed by atoms with van der Waals surface area (Å²) < 4.78 is 0. The Bertz CT molecular complexity index is 208. The van der Waals surface area contributed by atoms with Gasteiger partial charge in [0, 0.05) is 6.04 Å². The van der Waals surface area contributed by atoms with Gasteiger partial charge in [0.1, 0.15) is 0 Å². The minimum Gasteiger partial charge on any atom is -0.480 e. The number of likely N-dealkylation sites (N-methyl/N-ethyl adjacent to an activating group) is 1. The van der Waals surface area contributed by atoms with Gasteiger partial charge in [0.15, 0.2) is 0 Å². The van der Waals surface area contributed by atoms with Crippen LogP contribution in [0.5, 0.6) is 0 Å². The van der Waals surface area contributed by atoms with Crippen LogP contribution in [-0.2, 0) is 4.79 Å². The van der Waals surface area contributed by atoms with E-state index in [1.807, 2.05) is 11.8 Å². The first-order chi connectivity index (χ1) is 7.15. The van der Waals surface area contributed by atoms with Crippen molar-refractivity contribution in [3.63, 3.8) is 0 Å². The van der Waals surface area contributed by atoms with Crippen molar-refractivity contribution in [2.75, 3.05) is 13.1 Å². The second-order valence-corrected chi connectivity index (χ2v) is 4.23. The normalized spacial score (nSPS) is 27.7. The second kappa shape index (κ2) is 6.08. The van der Waals surface area contributed by atoms with Crippen molar-refractivity contribution in [1.82, 2.24) is 4.90 Å². The van der Waals surface area contributed by atoms with Crippen LogP contribution in [0, 0.1) is 0 Å². The molecule has 1 rings (SSSR count). The van der Waals surface area contributed by atoms with Crippen LogP contribution in [0.1, 0.15) is 39.0 Å². The Balaban J connectivity index is 2.58. The molecule has 0 aromatic rings. The van der Waals surface area contributed by atoms with Crippen LogP contribution in [0.3, 0.4) is 0 Å². The summed E-state index contributed by atoms with van der Waals surface area (Å²) in [5.74, 6) is -0.812. The van der Waals surface area contributed by atoms with Gasteiger partial charge in [-0.25, -0.2) is 0 Å². The van der Waals surface area contributed by atoms with Crippen molar-refractivity contribution >= 4 is 5.97 Å². The zero-order valence-corrected chi connectivity index (χ0v) is 9.35. The van der Waals surface area contributed by atoms with Gasteiger partial charge in [0.2, 0.25) is 0 Å². The van der Waals surface area contributed by atoms with E-state index in [0.29, 0.717) is 6.54 Å². The van der Waals surface area contributed by atoms with Crippen molar-refractivity contribution in [2.45, 2.75) is 51.2 Å². The number of rotatable bonds is 4. The molecule has 1 fully saturated rings. The summed E-state index contributed by atoms with van der Waals surface area (Å²) in [7, 11) is 0. The van der Waals surface area contributed by atoms with Crippen LogP contribution in [0.15, 0.2) is 0 Å². The fourth-order valence-corrected chi connectivity index (χ4v) is 2.33. The Morgan fingerprint density at radius 1 is 1.33 bits per heavy atom. The van der Waals surface area contributed by atoms with Gasteiger partial charge in [0.05, 0.1) is 12.6 Å². The molecule has 0 bridgehead atoms. The first-order valence-electron chi connectivity index (χ1n) is 5.79. The number of aliphatic carboxylic acids is 1. The summed E-state index contributed by atoms with van der Waals surface area (Å²) in [4.78, 5) is 12.6. The molecule has 0 aliphatic heterocycles. The molecule has 4 nitrogen and oxygen atoms in total. The number of carboxylic acids is 1. The topological polar surface area (TPSA) is 60.8 Å². The van der Waals surface area contributed by atoms with E-state index in [0.717, 1.165) is 32.1 Å². The van der Waals surface area contributed by atoms with Gasteiger partial charge in [-0.3, -0.25) is 9.69 Å². The van der Waals surface area contributed by atoms with Gasteiger partial charge in [-0.15, -0.1) is 0 Å². The lowest BCUT2D eigenvalue weighted by Gasteiger charge is -2.31. The molecule has 0 saturated heterocycles. The van der Waals surface area contributed by atoms with Gasteiger partial charge in [-0.1, -0.05) is 26.2 Å². The van der Waals surface area contributed by atoms with E-state index >= 15 is 0 Å². The predicted molar refractivity (Wildman–Crippen MR) is 57.8 cm³/mol. The molecule has 2 N–H and O–H groups in total. The third-order valence-electron chi connectivity index (χ3n) is 3.16. The minimum atomic E-state index is -0.812. The van der Waals surface area contributed by atoms with E-state index in [1.165, 1.54) is 0 Å². The maximum Gasteiger partial charge on any atom is 0.317 e. The van der Waals surface area contributed by atoms with Gasteiger partial charge >= 0.3 is 5.97 Å². The molecule has 2 unspecified atom stereocenters. The zero-order chi connectivity index (χ0) is 11.3. The third kappa shape index (κ3) is 3.80. The molecule has 1 aliphatic carbocycles. The summed E-state index contributed by atoms with van der Waals surface area (Å²) in [6, 6.07) is 0.0357. The second-order valence-electron chi connectivity index (χ2n) is 4.23. The Labute approximate surface area is 90.9 Å². The molecule has 0 heterocycles. The molecule has 15 heavy (non-hydrogen) atoms. The number of carboxylic acid groups (broad SMARTS) is 1. The standard InChI is InChI=1S/C11H21NO3/c1-2-12(8-11(14)15)9-6-4-3-5-7-10(9)13/h9-10,13H,2-8H2,1H3,(H,14,15). The first kappa shape index (κ1) is 12.5. The number of aliphatic hydroxyl groups excluding tert-OH is 1. The smallest absolute Gasteiger partial charge is 0.317 e. The highest BCUT2D eigenvalue weighted by atomic mass is 16.4. The lowest BCUT2D eigenvalue weighted by atomic mass is 10.0. The van der Waals surface area contributed by atoms with Crippen molar-refractivity contribution in [3.05, 3.63) is 0 Å². The molecular weight excluding hydrogens is 194 g/mol. The SMILES string of the molecule is CCN(CC(=O)O)C1CCCCCC1O. The summed E-state index contributed by atoms with van der Waals surface area (Å²) in [5.41, 5.74) is 0. The molecule has 88 valence electrons. The fraction of sp³-hybridized carbons (Fsp3) is 0.909. The fourth-order valence-electron chi connectivity index (χ4n) is 2.33. The Kier molecular flexibility index (Phi) is 5.05. The summed E-state index contributed by atoms with van der Waals surface area (Å²) in [5, 5.41) is 18.7. The molecule has 0 aromatic carbocycles. The third-order valence-corrected chi connectivity index (χ3v) is 3.16. The molecule has 0 aromatic heterocycles. The van der Waals surface area contributed by atoms with Gasteiger partial charge in [-0.05, 0) is 19.4 Å². The number of aliphatic hydroxyl groups is 1. The monoisotopic (exact) mass is 215 g/mol. The van der Waals surface area contributed by atoms with Crippen molar-refractivity contribution in [2.24, 2.45) is 0 Å². The lowest BCUT2D eigenvalue weighted by Crippen LogP contribution is -2.45. The molecule has 4 heteroatoms. The van der Waals surface area contributed by atoms with E-state index < -0.39 is 5.97 Å². The van der Waals surface area contributed by atoms with E-state index in [2.05, 4.69) is 0 Å². The lowest BCUT2D eigenvalue weighted by molar-refractivity contribution is -0.139. The largest absolute Gasteiger partial charge is 0.480 e. The van der Waals surface area contributed by atoms with Gasteiger partial charge < -0.3 is 10.2 Å². The van der Waals surface area contributed by atoms with Crippen LogP contribution < -0.4 is 0 Å². The maximum atomic E-state index is 10.7. The molecule has 0 amide bonds. The minimum absolute atomic E-state index is 0.0357. The summed E-state index contributed by atoms with van der Waals surface area (Å²) in [6.45, 7) is 2.67. The first-order valence-corrected chi connectivity index (χ1v) is 5.79. The zero-order valence-electron chi connectivity index (χ0n) is 9.35. The number of nitrogens with zero attached hydrogens (tertiary/aromatic N) is 1. The van der Waals surface area contributed by atoms with Crippen LogP contribution in [0.25, 0.3) is 0 Å². The van der Waals surface area contributed by atoms with Crippen molar-refractivity contribution < 1.29 is 15.0 Å². The number of hydrogen-bond acceptors (Lipinski definition) is 3. The van der Waals surface area contributed by atoms with E-state index in [9.17, 15) is 9.90 Å². The highest BCUT2D eigenvalue weighted by Crippen LogP contribution is 2.22. The van der Waals surface area contributed by atoms with Gasteiger partial charge in [-0.2, -0.15) is 0 Å². The van der Waals surface area contributed by atoms with Crippen LogP contribution >= 0.6 is 0 Å². The van der Waals surface area contributed by atoms with Crippen LogP contribution in [0.4, 0.5) is 0 Å². The quantitative estimate of drug-likeness (QED) is 0.689. The number of hydrogen-bond donors (Lipinski definition) is 2. The Hall–Kier alpha value is -0.610. The van der Waals surface area contributed by atoms with Crippen LogP contribution in [-0.4, -0.2) is 46.3 Å². The Morgan fingerprint density at radius 2 is 2.00 bits per heavy atom.